The lowest BCUT2D eigenvalue weighted by Gasteiger charge is -2.10. The predicted molar refractivity (Wildman–Crippen MR) is 85.6 cm³/mol. The minimum atomic E-state index is 0.220. The summed E-state index contributed by atoms with van der Waals surface area (Å²) in [7, 11) is 0. The lowest BCUT2D eigenvalue weighted by atomic mass is 10.1. The van der Waals surface area contributed by atoms with E-state index in [1.54, 1.807) is 6.07 Å². The van der Waals surface area contributed by atoms with E-state index in [1.807, 2.05) is 24.3 Å². The molecule has 0 bridgehead atoms. The number of benzene rings is 2. The molecule has 0 radical (unpaired) electrons. The van der Waals surface area contributed by atoms with Crippen molar-refractivity contribution in [2.24, 2.45) is 0 Å². The molecule has 20 heavy (non-hydrogen) atoms. The topological polar surface area (TPSA) is 32.3 Å². The highest BCUT2D eigenvalue weighted by Crippen LogP contribution is 2.22. The molecule has 0 atom stereocenters. The van der Waals surface area contributed by atoms with Gasteiger partial charge in [0.1, 0.15) is 0 Å². The van der Waals surface area contributed by atoms with Crippen molar-refractivity contribution in [3.05, 3.63) is 63.6 Å². The lowest BCUT2D eigenvalue weighted by Crippen LogP contribution is -2.00. The van der Waals surface area contributed by atoms with Gasteiger partial charge in [-0.1, -0.05) is 41.4 Å². The van der Waals surface area contributed by atoms with Gasteiger partial charge in [-0.15, -0.1) is 0 Å². The third-order valence-corrected chi connectivity index (χ3v) is 3.64. The Bertz CT molecular complexity index is 572. The first-order valence-corrected chi connectivity index (χ1v) is 7.32. The van der Waals surface area contributed by atoms with Crippen molar-refractivity contribution in [2.45, 2.75) is 19.4 Å². The molecule has 0 heterocycles. The summed E-state index contributed by atoms with van der Waals surface area (Å²) in [6, 6.07) is 13.7. The molecular formula is C16H17Cl2NO. The van der Waals surface area contributed by atoms with E-state index >= 15 is 0 Å². The minimum absolute atomic E-state index is 0.220. The Morgan fingerprint density at radius 1 is 1.05 bits per heavy atom. The van der Waals surface area contributed by atoms with Gasteiger partial charge in [0, 0.05) is 28.9 Å². The second-order valence-corrected chi connectivity index (χ2v) is 5.46. The average molecular weight is 310 g/mol. The van der Waals surface area contributed by atoms with E-state index in [9.17, 15) is 0 Å². The summed E-state index contributed by atoms with van der Waals surface area (Å²) in [4.78, 5) is 0. The van der Waals surface area contributed by atoms with Crippen LogP contribution in [-0.4, -0.2) is 11.7 Å². The number of anilines is 1. The molecule has 2 aromatic carbocycles. The Morgan fingerprint density at radius 3 is 2.65 bits per heavy atom. The third-order valence-electron chi connectivity index (χ3n) is 3.05. The van der Waals surface area contributed by atoms with Crippen molar-refractivity contribution in [1.29, 1.82) is 0 Å². The van der Waals surface area contributed by atoms with Gasteiger partial charge in [-0.3, -0.25) is 0 Å². The first kappa shape index (κ1) is 15.2. The smallest absolute Gasteiger partial charge is 0.0470 e. The van der Waals surface area contributed by atoms with Crippen molar-refractivity contribution in [3.63, 3.8) is 0 Å². The number of rotatable bonds is 6. The van der Waals surface area contributed by atoms with E-state index in [4.69, 9.17) is 28.3 Å². The van der Waals surface area contributed by atoms with E-state index in [1.165, 1.54) is 5.56 Å². The average Bonchev–Trinajstić information content (AvgIpc) is 2.45. The van der Waals surface area contributed by atoms with Crippen LogP contribution in [0.15, 0.2) is 42.5 Å². The lowest BCUT2D eigenvalue weighted by molar-refractivity contribution is 0.288. The molecule has 0 spiro atoms. The van der Waals surface area contributed by atoms with Crippen molar-refractivity contribution in [3.8, 4) is 0 Å². The highest BCUT2D eigenvalue weighted by molar-refractivity contribution is 6.35. The fraction of sp³-hybridized carbons (Fsp3) is 0.250. The zero-order valence-electron chi connectivity index (χ0n) is 11.1. The van der Waals surface area contributed by atoms with E-state index in [0.29, 0.717) is 16.6 Å². The van der Waals surface area contributed by atoms with Gasteiger partial charge >= 0.3 is 0 Å². The van der Waals surface area contributed by atoms with Gasteiger partial charge in [0.05, 0.1) is 0 Å². The zero-order chi connectivity index (χ0) is 14.4. The molecule has 0 fully saturated rings. The van der Waals surface area contributed by atoms with E-state index in [2.05, 4.69) is 17.4 Å². The van der Waals surface area contributed by atoms with Gasteiger partial charge in [-0.2, -0.15) is 0 Å². The summed E-state index contributed by atoms with van der Waals surface area (Å²) in [6.07, 6.45) is 1.67. The standard InChI is InChI=1S/C16H17Cl2NO/c17-14-7-6-13(16(18)10-14)11-19-15-5-1-3-12(9-15)4-2-8-20/h1,3,5-7,9-10,19-20H,2,4,8,11H2. The highest BCUT2D eigenvalue weighted by atomic mass is 35.5. The van der Waals surface area contributed by atoms with Gasteiger partial charge in [0.25, 0.3) is 0 Å². The molecule has 0 aliphatic rings. The maximum atomic E-state index is 8.86. The summed E-state index contributed by atoms with van der Waals surface area (Å²) in [5.41, 5.74) is 3.27. The van der Waals surface area contributed by atoms with E-state index < -0.39 is 0 Å². The van der Waals surface area contributed by atoms with Crippen LogP contribution in [0.2, 0.25) is 10.0 Å². The fourth-order valence-electron chi connectivity index (χ4n) is 1.98. The molecule has 4 heteroatoms. The maximum absolute atomic E-state index is 8.86. The Morgan fingerprint density at radius 2 is 1.90 bits per heavy atom. The number of aryl methyl sites for hydroxylation is 1. The first-order valence-electron chi connectivity index (χ1n) is 6.56. The van der Waals surface area contributed by atoms with E-state index in [0.717, 1.165) is 24.1 Å². The predicted octanol–water partition coefficient (Wildman–Crippen LogP) is 4.53. The third kappa shape index (κ3) is 4.41. The van der Waals surface area contributed by atoms with Gasteiger partial charge in [0.15, 0.2) is 0 Å². The van der Waals surface area contributed by atoms with Crippen molar-refractivity contribution in [2.75, 3.05) is 11.9 Å². The number of hydrogen-bond donors (Lipinski definition) is 2. The van der Waals surface area contributed by atoms with Gasteiger partial charge in [-0.25, -0.2) is 0 Å². The molecule has 0 aromatic heterocycles. The Labute approximate surface area is 129 Å². The second-order valence-electron chi connectivity index (χ2n) is 4.62. The Hall–Kier alpha value is -1.22. The van der Waals surface area contributed by atoms with Crippen LogP contribution >= 0.6 is 23.2 Å². The molecule has 0 aliphatic heterocycles. The largest absolute Gasteiger partial charge is 0.396 e. The summed E-state index contributed by atoms with van der Waals surface area (Å²) < 4.78 is 0. The number of nitrogens with one attached hydrogen (secondary N) is 1. The van der Waals surface area contributed by atoms with Crippen LogP contribution in [0.25, 0.3) is 0 Å². The Kier molecular flexibility index (Phi) is 5.72. The molecule has 2 aromatic rings. The first-order chi connectivity index (χ1) is 9.69. The van der Waals surface area contributed by atoms with E-state index in [-0.39, 0.29) is 6.61 Å². The normalized spacial score (nSPS) is 10.6. The van der Waals surface area contributed by atoms with Crippen LogP contribution in [0, 0.1) is 0 Å². The van der Waals surface area contributed by atoms with Crippen LogP contribution in [-0.2, 0) is 13.0 Å². The van der Waals surface area contributed by atoms with Crippen LogP contribution in [0.3, 0.4) is 0 Å². The molecule has 2 N–H and O–H groups in total. The molecule has 0 amide bonds. The van der Waals surface area contributed by atoms with Crippen LogP contribution in [0.5, 0.6) is 0 Å². The van der Waals surface area contributed by atoms with Crippen molar-refractivity contribution >= 4 is 28.9 Å². The van der Waals surface area contributed by atoms with Crippen LogP contribution < -0.4 is 5.32 Å². The SMILES string of the molecule is OCCCc1cccc(NCc2ccc(Cl)cc2Cl)c1. The number of hydrogen-bond acceptors (Lipinski definition) is 2. The molecule has 0 unspecified atom stereocenters. The maximum Gasteiger partial charge on any atom is 0.0470 e. The number of aliphatic hydroxyl groups is 1. The molecule has 0 saturated heterocycles. The van der Waals surface area contributed by atoms with Gasteiger partial charge in [-0.05, 0) is 48.2 Å². The minimum Gasteiger partial charge on any atom is -0.396 e. The molecule has 0 saturated carbocycles. The second kappa shape index (κ2) is 7.53. The molecular weight excluding hydrogens is 293 g/mol. The fourth-order valence-corrected chi connectivity index (χ4v) is 2.46. The van der Waals surface area contributed by atoms with Crippen LogP contribution in [0.4, 0.5) is 5.69 Å². The summed E-state index contributed by atoms with van der Waals surface area (Å²) in [5.74, 6) is 0. The summed E-state index contributed by atoms with van der Waals surface area (Å²) in [6.45, 7) is 0.873. The zero-order valence-corrected chi connectivity index (χ0v) is 12.6. The highest BCUT2D eigenvalue weighted by Gasteiger charge is 2.02. The van der Waals surface area contributed by atoms with Crippen LogP contribution in [0.1, 0.15) is 17.5 Å². The summed E-state index contributed by atoms with van der Waals surface area (Å²) >= 11 is 12.0. The van der Waals surface area contributed by atoms with Gasteiger partial charge in [0.2, 0.25) is 0 Å². The van der Waals surface area contributed by atoms with Crippen molar-refractivity contribution < 1.29 is 5.11 Å². The molecule has 106 valence electrons. The number of halogens is 2. The monoisotopic (exact) mass is 309 g/mol. The van der Waals surface area contributed by atoms with Gasteiger partial charge < -0.3 is 10.4 Å². The number of aliphatic hydroxyl groups excluding tert-OH is 1. The quantitative estimate of drug-likeness (QED) is 0.821. The molecule has 0 aliphatic carbocycles. The summed E-state index contributed by atoms with van der Waals surface area (Å²) in [5, 5.41) is 13.5. The Balaban J connectivity index is 1.99. The molecule has 2 nitrogen and oxygen atoms in total. The molecule has 2 rings (SSSR count). The van der Waals surface area contributed by atoms with Crippen molar-refractivity contribution in [1.82, 2.24) is 0 Å².